The Bertz CT molecular complexity index is 960. The molecule has 0 saturated heterocycles. The topological polar surface area (TPSA) is 12.0 Å². The molecule has 0 fully saturated rings. The summed E-state index contributed by atoms with van der Waals surface area (Å²) in [5.74, 6) is 0. The Labute approximate surface area is 194 Å². The van der Waals surface area contributed by atoms with Crippen LogP contribution in [0.4, 0.5) is 0 Å². The summed E-state index contributed by atoms with van der Waals surface area (Å²) in [4.78, 5) is 0. The number of aryl methyl sites for hydroxylation is 2. The first kappa shape index (κ1) is 23.8. The van der Waals surface area contributed by atoms with Crippen molar-refractivity contribution in [2.75, 3.05) is 13.6 Å². The van der Waals surface area contributed by atoms with E-state index in [2.05, 4.69) is 109 Å². The van der Waals surface area contributed by atoms with Crippen LogP contribution >= 0.6 is 0 Å². The van der Waals surface area contributed by atoms with Crippen LogP contribution in [0.25, 0.3) is 24.3 Å². The van der Waals surface area contributed by atoms with Gasteiger partial charge in [0.2, 0.25) is 0 Å². The monoisotopic (exact) mass is 423 g/mol. The van der Waals surface area contributed by atoms with E-state index in [1.807, 2.05) is 7.05 Å². The van der Waals surface area contributed by atoms with Crippen LogP contribution in [0.15, 0.2) is 72.8 Å². The van der Waals surface area contributed by atoms with Crippen LogP contribution in [-0.2, 0) is 6.42 Å². The normalized spacial score (nSPS) is 11.6. The zero-order valence-electron chi connectivity index (χ0n) is 19.7. The molecule has 32 heavy (non-hydrogen) atoms. The third-order valence-electron chi connectivity index (χ3n) is 5.82. The first-order chi connectivity index (χ1) is 15.7. The molecule has 0 heterocycles. The highest BCUT2D eigenvalue weighted by Gasteiger charge is 1.96. The van der Waals surface area contributed by atoms with E-state index >= 15 is 0 Å². The highest BCUT2D eigenvalue weighted by Crippen LogP contribution is 2.15. The van der Waals surface area contributed by atoms with Crippen LogP contribution in [0.3, 0.4) is 0 Å². The molecule has 0 amide bonds. The Kier molecular flexibility index (Phi) is 10.0. The van der Waals surface area contributed by atoms with E-state index in [-0.39, 0.29) is 0 Å². The molecule has 0 spiro atoms. The Morgan fingerprint density at radius 2 is 0.938 bits per heavy atom. The van der Waals surface area contributed by atoms with E-state index in [1.54, 1.807) is 0 Å². The standard InChI is InChI=1S/C31H37N/c1-26-9-11-28(12-10-26)17-18-30-21-23-31(24-22-30)20-19-29-15-13-27(14-16-29)8-6-4-3-5-7-25-32-2/h9-24,32H,3-8,25H2,1-2H3/b18-17+,20-19+. The zero-order valence-corrected chi connectivity index (χ0v) is 19.7. The Hall–Kier alpha value is -2.90. The largest absolute Gasteiger partial charge is 0.320 e. The first-order valence-corrected chi connectivity index (χ1v) is 12.0. The maximum Gasteiger partial charge on any atom is -0.00519 e. The van der Waals surface area contributed by atoms with Crippen LogP contribution in [0, 0.1) is 6.92 Å². The maximum absolute atomic E-state index is 3.22. The minimum atomic E-state index is 1.14. The summed E-state index contributed by atoms with van der Waals surface area (Å²) in [6, 6.07) is 26.3. The van der Waals surface area contributed by atoms with Crippen LogP contribution in [0.5, 0.6) is 0 Å². The number of hydrogen-bond donors (Lipinski definition) is 1. The molecular weight excluding hydrogens is 386 g/mol. The van der Waals surface area contributed by atoms with E-state index in [4.69, 9.17) is 0 Å². The third kappa shape index (κ3) is 8.69. The maximum atomic E-state index is 3.22. The van der Waals surface area contributed by atoms with Gasteiger partial charge in [-0.2, -0.15) is 0 Å². The molecule has 3 rings (SSSR count). The van der Waals surface area contributed by atoms with E-state index < -0.39 is 0 Å². The first-order valence-electron chi connectivity index (χ1n) is 12.0. The summed E-state index contributed by atoms with van der Waals surface area (Å²) in [5.41, 5.74) is 7.66. The van der Waals surface area contributed by atoms with E-state index in [9.17, 15) is 0 Å². The van der Waals surface area contributed by atoms with Crippen molar-refractivity contribution >= 4 is 24.3 Å². The van der Waals surface area contributed by atoms with Crippen molar-refractivity contribution in [2.45, 2.75) is 45.4 Å². The smallest absolute Gasteiger partial charge is 0.00519 e. The molecule has 0 aliphatic carbocycles. The van der Waals surface area contributed by atoms with Crippen molar-refractivity contribution in [2.24, 2.45) is 0 Å². The lowest BCUT2D eigenvalue weighted by Crippen LogP contribution is -2.06. The van der Waals surface area contributed by atoms with Gasteiger partial charge in [-0.05, 0) is 67.6 Å². The molecule has 0 aliphatic rings. The zero-order chi connectivity index (χ0) is 22.4. The van der Waals surface area contributed by atoms with Gasteiger partial charge in [0.1, 0.15) is 0 Å². The fraction of sp³-hybridized carbons (Fsp3) is 0.290. The van der Waals surface area contributed by atoms with Gasteiger partial charge < -0.3 is 5.32 Å². The molecule has 0 radical (unpaired) electrons. The highest BCUT2D eigenvalue weighted by atomic mass is 14.8. The van der Waals surface area contributed by atoms with Gasteiger partial charge in [-0.15, -0.1) is 0 Å². The second kappa shape index (κ2) is 13.5. The Morgan fingerprint density at radius 3 is 1.44 bits per heavy atom. The van der Waals surface area contributed by atoms with Crippen molar-refractivity contribution in [1.29, 1.82) is 0 Å². The molecule has 0 saturated carbocycles. The molecule has 1 heteroatoms. The van der Waals surface area contributed by atoms with Crippen LogP contribution in [0.2, 0.25) is 0 Å². The molecule has 166 valence electrons. The number of nitrogens with one attached hydrogen (secondary N) is 1. The molecule has 3 aromatic rings. The summed E-state index contributed by atoms with van der Waals surface area (Å²) in [6.45, 7) is 3.26. The highest BCUT2D eigenvalue weighted by molar-refractivity contribution is 5.73. The van der Waals surface area contributed by atoms with Gasteiger partial charge in [0.25, 0.3) is 0 Å². The fourth-order valence-corrected chi connectivity index (χ4v) is 3.74. The molecule has 0 unspecified atom stereocenters. The second-order valence-electron chi connectivity index (χ2n) is 8.61. The average molecular weight is 424 g/mol. The Balaban J connectivity index is 1.44. The van der Waals surface area contributed by atoms with Gasteiger partial charge in [0, 0.05) is 0 Å². The molecule has 0 bridgehead atoms. The predicted molar refractivity (Wildman–Crippen MR) is 143 cm³/mol. The van der Waals surface area contributed by atoms with Crippen molar-refractivity contribution < 1.29 is 0 Å². The lowest BCUT2D eigenvalue weighted by Gasteiger charge is -2.03. The van der Waals surface area contributed by atoms with Crippen molar-refractivity contribution in [3.8, 4) is 0 Å². The number of rotatable bonds is 12. The molecular formula is C31H37N. The minimum absolute atomic E-state index is 1.14. The van der Waals surface area contributed by atoms with Gasteiger partial charge in [0.15, 0.2) is 0 Å². The molecule has 0 aromatic heterocycles. The fourth-order valence-electron chi connectivity index (χ4n) is 3.74. The van der Waals surface area contributed by atoms with Crippen molar-refractivity contribution in [3.05, 3.63) is 106 Å². The molecule has 0 aliphatic heterocycles. The lowest BCUT2D eigenvalue weighted by molar-refractivity contribution is 0.597. The second-order valence-corrected chi connectivity index (χ2v) is 8.61. The molecule has 1 N–H and O–H groups in total. The Morgan fingerprint density at radius 1 is 0.531 bits per heavy atom. The summed E-state index contributed by atoms with van der Waals surface area (Å²) in [5, 5.41) is 3.22. The van der Waals surface area contributed by atoms with Gasteiger partial charge in [-0.25, -0.2) is 0 Å². The third-order valence-corrected chi connectivity index (χ3v) is 5.82. The van der Waals surface area contributed by atoms with E-state index in [1.165, 1.54) is 71.9 Å². The average Bonchev–Trinajstić information content (AvgIpc) is 2.83. The predicted octanol–water partition coefficient (Wildman–Crippen LogP) is 8.05. The summed E-state index contributed by atoms with van der Waals surface area (Å²) >= 11 is 0. The number of unbranched alkanes of at least 4 members (excludes halogenated alkanes) is 4. The SMILES string of the molecule is CNCCCCCCCc1ccc(/C=C/c2ccc(/C=C/c3ccc(C)cc3)cc2)cc1. The summed E-state index contributed by atoms with van der Waals surface area (Å²) in [6.07, 6.45) is 16.5. The number of hydrogen-bond acceptors (Lipinski definition) is 1. The van der Waals surface area contributed by atoms with Gasteiger partial charge in [0.05, 0.1) is 0 Å². The van der Waals surface area contributed by atoms with Crippen LogP contribution in [0.1, 0.15) is 65.5 Å². The van der Waals surface area contributed by atoms with E-state index in [0.29, 0.717) is 0 Å². The van der Waals surface area contributed by atoms with Crippen LogP contribution < -0.4 is 5.32 Å². The molecule has 3 aromatic carbocycles. The summed E-state index contributed by atoms with van der Waals surface area (Å²) in [7, 11) is 2.03. The van der Waals surface area contributed by atoms with Gasteiger partial charge >= 0.3 is 0 Å². The van der Waals surface area contributed by atoms with Crippen molar-refractivity contribution in [3.63, 3.8) is 0 Å². The summed E-state index contributed by atoms with van der Waals surface area (Å²) < 4.78 is 0. The van der Waals surface area contributed by atoms with Gasteiger partial charge in [-0.1, -0.05) is 122 Å². The van der Waals surface area contributed by atoms with E-state index in [0.717, 1.165) is 6.54 Å². The quantitative estimate of drug-likeness (QED) is 0.229. The number of benzene rings is 3. The molecule has 0 atom stereocenters. The minimum Gasteiger partial charge on any atom is -0.320 e. The van der Waals surface area contributed by atoms with Gasteiger partial charge in [-0.3, -0.25) is 0 Å². The van der Waals surface area contributed by atoms with Crippen molar-refractivity contribution in [1.82, 2.24) is 5.32 Å². The van der Waals surface area contributed by atoms with Crippen LogP contribution in [-0.4, -0.2) is 13.6 Å². The lowest BCUT2D eigenvalue weighted by atomic mass is 10.0. The molecule has 1 nitrogen and oxygen atoms in total.